The summed E-state index contributed by atoms with van der Waals surface area (Å²) in [6.07, 6.45) is 1.57. The van der Waals surface area contributed by atoms with Crippen molar-refractivity contribution in [3.05, 3.63) is 88.8 Å². The molecular formula is C25H21N3O4S. The number of aromatic nitrogens is 1. The molecule has 1 aliphatic heterocycles. The molecular weight excluding hydrogens is 438 g/mol. The van der Waals surface area contributed by atoms with Crippen LogP contribution in [-0.2, 0) is 9.59 Å². The van der Waals surface area contributed by atoms with Gasteiger partial charge in [-0.1, -0.05) is 24.3 Å². The molecule has 8 heteroatoms. The summed E-state index contributed by atoms with van der Waals surface area (Å²) in [6, 6.07) is 17.4. The fourth-order valence-electron chi connectivity index (χ4n) is 3.91. The first-order chi connectivity index (χ1) is 15.7. The molecule has 1 saturated heterocycles. The van der Waals surface area contributed by atoms with E-state index in [1.807, 2.05) is 36.6 Å². The summed E-state index contributed by atoms with van der Waals surface area (Å²) in [4.78, 5) is 40.3. The number of nitrogens with zero attached hydrogens (tertiary/aromatic N) is 3. The Labute approximate surface area is 196 Å². The van der Waals surface area contributed by atoms with Gasteiger partial charge in [0, 0.05) is 24.1 Å². The van der Waals surface area contributed by atoms with Crippen LogP contribution in [0.3, 0.4) is 0 Å². The molecule has 166 valence electrons. The minimum absolute atomic E-state index is 0.00510. The van der Waals surface area contributed by atoms with E-state index in [2.05, 4.69) is 0 Å². The van der Waals surface area contributed by atoms with Gasteiger partial charge in [0.2, 0.25) is 0 Å². The number of aryl methyl sites for hydroxylation is 1. The number of rotatable bonds is 4. The predicted octanol–water partition coefficient (Wildman–Crippen LogP) is 3.97. The Morgan fingerprint density at radius 1 is 0.939 bits per heavy atom. The molecule has 1 aliphatic rings. The Kier molecular flexibility index (Phi) is 5.69. The van der Waals surface area contributed by atoms with Crippen LogP contribution < -0.4 is 4.90 Å². The molecule has 0 bridgehead atoms. The summed E-state index contributed by atoms with van der Waals surface area (Å²) >= 11 is 5.38. The van der Waals surface area contributed by atoms with Gasteiger partial charge < -0.3 is 9.67 Å². The van der Waals surface area contributed by atoms with Crippen molar-refractivity contribution in [2.24, 2.45) is 0 Å². The fourth-order valence-corrected chi connectivity index (χ4v) is 4.18. The Balaban J connectivity index is 1.80. The fraction of sp³-hybridized carbons (Fsp3) is 0.120. The number of amides is 2. The van der Waals surface area contributed by atoms with Crippen LogP contribution in [-0.4, -0.2) is 44.5 Å². The number of para-hydroxylation sites is 1. The minimum atomic E-state index is -1.01. The smallest absolute Gasteiger partial charge is 0.335 e. The summed E-state index contributed by atoms with van der Waals surface area (Å²) in [6.45, 7) is 3.73. The lowest BCUT2D eigenvalue weighted by Gasteiger charge is -2.34. The number of anilines is 1. The third kappa shape index (κ3) is 3.85. The first-order valence-electron chi connectivity index (χ1n) is 10.2. The maximum atomic E-state index is 13.3. The van der Waals surface area contributed by atoms with E-state index in [9.17, 15) is 19.5 Å². The van der Waals surface area contributed by atoms with E-state index >= 15 is 0 Å². The van der Waals surface area contributed by atoms with Crippen LogP contribution in [0.1, 0.15) is 27.3 Å². The van der Waals surface area contributed by atoms with Crippen LogP contribution in [0.5, 0.6) is 0 Å². The highest BCUT2D eigenvalue weighted by molar-refractivity contribution is 7.80. The zero-order valence-corrected chi connectivity index (χ0v) is 19.1. The maximum Gasteiger partial charge on any atom is 0.335 e. The first-order valence-corrected chi connectivity index (χ1v) is 10.6. The average molecular weight is 460 g/mol. The van der Waals surface area contributed by atoms with Crippen molar-refractivity contribution in [2.45, 2.75) is 13.8 Å². The van der Waals surface area contributed by atoms with E-state index in [0.717, 1.165) is 11.4 Å². The van der Waals surface area contributed by atoms with Gasteiger partial charge in [0.25, 0.3) is 11.8 Å². The number of hydrogen-bond donors (Lipinski definition) is 1. The molecule has 1 fully saturated rings. The molecule has 7 nitrogen and oxygen atoms in total. The molecule has 0 saturated carbocycles. The molecule has 2 heterocycles. The van der Waals surface area contributed by atoms with Crippen LogP contribution in [0.2, 0.25) is 0 Å². The highest BCUT2D eigenvalue weighted by atomic mass is 32.1. The van der Waals surface area contributed by atoms with Crippen molar-refractivity contribution < 1.29 is 19.5 Å². The van der Waals surface area contributed by atoms with Crippen LogP contribution >= 0.6 is 12.2 Å². The van der Waals surface area contributed by atoms with Crippen molar-refractivity contribution in [1.29, 1.82) is 0 Å². The predicted molar refractivity (Wildman–Crippen MR) is 129 cm³/mol. The van der Waals surface area contributed by atoms with E-state index in [1.54, 1.807) is 49.5 Å². The molecule has 0 radical (unpaired) electrons. The van der Waals surface area contributed by atoms with Crippen molar-refractivity contribution in [2.75, 3.05) is 11.9 Å². The van der Waals surface area contributed by atoms with Gasteiger partial charge in [0.05, 0.1) is 11.3 Å². The third-order valence-electron chi connectivity index (χ3n) is 5.58. The van der Waals surface area contributed by atoms with Gasteiger partial charge in [-0.05, 0) is 74.1 Å². The zero-order valence-electron chi connectivity index (χ0n) is 18.3. The topological polar surface area (TPSA) is 82.9 Å². The largest absolute Gasteiger partial charge is 0.478 e. The van der Waals surface area contributed by atoms with Gasteiger partial charge in [-0.3, -0.25) is 19.4 Å². The molecule has 1 N–H and O–H groups in total. The molecule has 0 unspecified atom stereocenters. The molecule has 1 aromatic heterocycles. The molecule has 33 heavy (non-hydrogen) atoms. The molecule has 0 aliphatic carbocycles. The molecule has 3 aromatic rings. The van der Waals surface area contributed by atoms with Crippen LogP contribution in [0, 0.1) is 13.8 Å². The van der Waals surface area contributed by atoms with E-state index in [4.69, 9.17) is 12.2 Å². The van der Waals surface area contributed by atoms with Gasteiger partial charge >= 0.3 is 5.97 Å². The SMILES string of the molecule is Cc1cc(C=C2C(=O)N(C)C(=S)N(c3ccccc3)C2=O)c(C)n1-c1cccc(C(=O)O)c1. The van der Waals surface area contributed by atoms with E-state index in [1.165, 1.54) is 15.9 Å². The highest BCUT2D eigenvalue weighted by Crippen LogP contribution is 2.28. The number of benzene rings is 2. The number of carboxylic acids is 1. The van der Waals surface area contributed by atoms with E-state index in [0.29, 0.717) is 16.9 Å². The number of aromatic carboxylic acids is 1. The summed E-state index contributed by atoms with van der Waals surface area (Å²) in [5.41, 5.74) is 3.71. The summed E-state index contributed by atoms with van der Waals surface area (Å²) in [5, 5.41) is 9.44. The van der Waals surface area contributed by atoms with Crippen LogP contribution in [0.4, 0.5) is 5.69 Å². The Bertz CT molecular complexity index is 1340. The average Bonchev–Trinajstić information content (AvgIpc) is 3.09. The lowest BCUT2D eigenvalue weighted by atomic mass is 10.1. The monoisotopic (exact) mass is 459 g/mol. The van der Waals surface area contributed by atoms with E-state index in [-0.39, 0.29) is 16.2 Å². The van der Waals surface area contributed by atoms with Crippen molar-refractivity contribution in [3.63, 3.8) is 0 Å². The number of carbonyl (C=O) groups excluding carboxylic acids is 2. The first kappa shape index (κ1) is 22.2. The van der Waals surface area contributed by atoms with Gasteiger partial charge in [0.1, 0.15) is 5.57 Å². The second-order valence-corrected chi connectivity index (χ2v) is 8.06. The summed E-state index contributed by atoms with van der Waals surface area (Å²) in [5.74, 6) is -1.98. The van der Waals surface area contributed by atoms with Crippen molar-refractivity contribution in [3.8, 4) is 5.69 Å². The number of thiocarbonyl (C=S) groups is 1. The summed E-state index contributed by atoms with van der Waals surface area (Å²) < 4.78 is 1.89. The lowest BCUT2D eigenvalue weighted by molar-refractivity contribution is -0.127. The van der Waals surface area contributed by atoms with Gasteiger partial charge in [0.15, 0.2) is 5.11 Å². The quantitative estimate of drug-likeness (QED) is 0.363. The Hall–Kier alpha value is -4.04. The van der Waals surface area contributed by atoms with Crippen LogP contribution in [0.25, 0.3) is 11.8 Å². The number of carboxylic acid groups (broad SMARTS) is 1. The second-order valence-electron chi connectivity index (χ2n) is 7.70. The Morgan fingerprint density at radius 3 is 2.27 bits per heavy atom. The standard InChI is InChI=1S/C25H21N3O4S/c1-15-12-18(16(2)27(15)20-11-7-8-17(13-20)24(31)32)14-21-22(29)26(3)25(33)28(23(21)30)19-9-5-4-6-10-19/h4-14H,1-3H3,(H,31,32). The van der Waals surface area contributed by atoms with Crippen LogP contribution in [0.15, 0.2) is 66.2 Å². The number of carbonyl (C=O) groups is 3. The maximum absolute atomic E-state index is 13.3. The number of likely N-dealkylation sites (N-methyl/N-ethyl adjacent to an activating group) is 1. The minimum Gasteiger partial charge on any atom is -0.478 e. The zero-order chi connectivity index (χ0) is 23.9. The molecule has 4 rings (SSSR count). The summed E-state index contributed by atoms with van der Waals surface area (Å²) in [7, 11) is 1.54. The number of hydrogen-bond acceptors (Lipinski definition) is 4. The third-order valence-corrected chi connectivity index (χ3v) is 6.04. The van der Waals surface area contributed by atoms with Crippen molar-refractivity contribution >= 4 is 46.9 Å². The molecule has 0 spiro atoms. The molecule has 2 amide bonds. The van der Waals surface area contributed by atoms with E-state index < -0.39 is 17.8 Å². The van der Waals surface area contributed by atoms with Gasteiger partial charge in [-0.15, -0.1) is 0 Å². The van der Waals surface area contributed by atoms with Gasteiger partial charge in [-0.25, -0.2) is 4.79 Å². The normalized spacial score (nSPS) is 15.5. The molecule has 2 aromatic carbocycles. The molecule has 0 atom stereocenters. The van der Waals surface area contributed by atoms with Gasteiger partial charge in [-0.2, -0.15) is 0 Å². The Morgan fingerprint density at radius 2 is 1.61 bits per heavy atom. The lowest BCUT2D eigenvalue weighted by Crippen LogP contribution is -2.54. The highest BCUT2D eigenvalue weighted by Gasteiger charge is 2.38. The second kappa shape index (κ2) is 8.48. The van der Waals surface area contributed by atoms with Crippen molar-refractivity contribution in [1.82, 2.24) is 9.47 Å².